The van der Waals surface area contributed by atoms with Gasteiger partial charge in [-0.3, -0.25) is 4.79 Å². The lowest BCUT2D eigenvalue weighted by Gasteiger charge is -2.14. The van der Waals surface area contributed by atoms with E-state index in [0.29, 0.717) is 24.2 Å². The van der Waals surface area contributed by atoms with E-state index in [9.17, 15) is 9.18 Å². The van der Waals surface area contributed by atoms with E-state index >= 15 is 0 Å². The van der Waals surface area contributed by atoms with Crippen LogP contribution in [0.15, 0.2) is 12.1 Å². The average molecular weight is 244 g/mol. The van der Waals surface area contributed by atoms with E-state index in [1.165, 1.54) is 12.1 Å². The maximum Gasteiger partial charge on any atom is 0.311 e. The average Bonchev–Trinajstić information content (AvgIpc) is 2.39. The van der Waals surface area contributed by atoms with Crippen molar-refractivity contribution >= 4 is 23.3 Å². The molecule has 16 heavy (non-hydrogen) atoms. The van der Waals surface area contributed by atoms with Crippen molar-refractivity contribution in [1.29, 1.82) is 0 Å². The molecule has 2 N–H and O–H groups in total. The molecule has 0 aromatic heterocycles. The van der Waals surface area contributed by atoms with Crippen molar-refractivity contribution < 1.29 is 14.3 Å². The summed E-state index contributed by atoms with van der Waals surface area (Å²) < 4.78 is 13.2. The van der Waals surface area contributed by atoms with E-state index in [0.717, 1.165) is 6.42 Å². The number of aliphatic carboxylic acids is 1. The quantitative estimate of drug-likeness (QED) is 0.797. The number of carbonyl (C=O) groups is 1. The van der Waals surface area contributed by atoms with Crippen molar-refractivity contribution in [3.05, 3.63) is 28.5 Å². The molecule has 1 unspecified atom stereocenters. The van der Waals surface area contributed by atoms with Crippen molar-refractivity contribution in [1.82, 2.24) is 0 Å². The van der Waals surface area contributed by atoms with Gasteiger partial charge in [-0.15, -0.1) is 0 Å². The van der Waals surface area contributed by atoms with Gasteiger partial charge in [0.1, 0.15) is 5.82 Å². The molecule has 0 radical (unpaired) electrons. The minimum Gasteiger partial charge on any atom is -0.481 e. The predicted octanol–water partition coefficient (Wildman–Crippen LogP) is 2.85. The van der Waals surface area contributed by atoms with Gasteiger partial charge < -0.3 is 10.4 Å². The van der Waals surface area contributed by atoms with Crippen LogP contribution < -0.4 is 5.32 Å². The molecule has 1 aromatic rings. The molecule has 0 bridgehead atoms. The molecule has 0 aliphatic carbocycles. The van der Waals surface area contributed by atoms with Crippen molar-refractivity contribution in [3.63, 3.8) is 0 Å². The summed E-state index contributed by atoms with van der Waals surface area (Å²) in [7, 11) is 0. The first-order valence-electron chi connectivity index (χ1n) is 5.05. The number of anilines is 1. The Hall–Kier alpha value is -1.29. The first-order chi connectivity index (χ1) is 7.59. The number of carboxylic acids is 1. The lowest BCUT2D eigenvalue weighted by molar-refractivity contribution is -0.138. The second kappa shape index (κ2) is 4.29. The number of halogens is 2. The van der Waals surface area contributed by atoms with Gasteiger partial charge in [-0.1, -0.05) is 11.6 Å². The number of fused-ring (bicyclic) bond motifs is 1. The van der Waals surface area contributed by atoms with Gasteiger partial charge >= 0.3 is 5.97 Å². The van der Waals surface area contributed by atoms with E-state index in [-0.39, 0.29) is 5.02 Å². The van der Waals surface area contributed by atoms with E-state index in [4.69, 9.17) is 16.7 Å². The smallest absolute Gasteiger partial charge is 0.311 e. The SMILES string of the molecule is O=C(O)C1CCCNc2c(Cl)cc(F)cc21. The van der Waals surface area contributed by atoms with E-state index < -0.39 is 17.7 Å². The van der Waals surface area contributed by atoms with Gasteiger partial charge in [0.25, 0.3) is 0 Å². The minimum absolute atomic E-state index is 0.239. The standard InChI is InChI=1S/C11H11ClFNO2/c12-9-5-6(13)4-8-7(11(15)16)2-1-3-14-10(8)9/h4-5,7,14H,1-3H2,(H,15,16). The summed E-state index contributed by atoms with van der Waals surface area (Å²) in [6.07, 6.45) is 1.22. The molecule has 1 aliphatic rings. The Balaban J connectivity index is 2.55. The van der Waals surface area contributed by atoms with Crippen LogP contribution in [0.2, 0.25) is 5.02 Å². The molecule has 0 saturated heterocycles. The van der Waals surface area contributed by atoms with E-state index in [1.54, 1.807) is 0 Å². The van der Waals surface area contributed by atoms with Crippen molar-refractivity contribution in [2.24, 2.45) is 0 Å². The molecular weight excluding hydrogens is 233 g/mol. The summed E-state index contributed by atoms with van der Waals surface area (Å²) >= 11 is 5.89. The van der Waals surface area contributed by atoms with Gasteiger partial charge in [0, 0.05) is 6.54 Å². The topological polar surface area (TPSA) is 49.3 Å². The molecule has 1 heterocycles. The summed E-state index contributed by atoms with van der Waals surface area (Å²) in [6, 6.07) is 2.44. The van der Waals surface area contributed by atoms with Gasteiger partial charge in [-0.05, 0) is 30.5 Å². The van der Waals surface area contributed by atoms with Gasteiger partial charge in [0.2, 0.25) is 0 Å². The maximum atomic E-state index is 13.2. The number of benzene rings is 1. The van der Waals surface area contributed by atoms with Crippen LogP contribution in [0, 0.1) is 5.82 Å². The molecule has 1 aromatic carbocycles. The van der Waals surface area contributed by atoms with E-state index in [2.05, 4.69) is 5.32 Å². The molecule has 0 amide bonds. The van der Waals surface area contributed by atoms with Gasteiger partial charge in [0.05, 0.1) is 16.6 Å². The molecule has 5 heteroatoms. The van der Waals surface area contributed by atoms with Crippen LogP contribution in [-0.4, -0.2) is 17.6 Å². The zero-order valence-electron chi connectivity index (χ0n) is 8.46. The molecule has 0 spiro atoms. The highest BCUT2D eigenvalue weighted by atomic mass is 35.5. The zero-order chi connectivity index (χ0) is 11.7. The summed E-state index contributed by atoms with van der Waals surface area (Å²) in [4.78, 5) is 11.1. The zero-order valence-corrected chi connectivity index (χ0v) is 9.22. The Morgan fingerprint density at radius 2 is 2.31 bits per heavy atom. The Kier molecular flexibility index (Phi) is 3.01. The number of nitrogens with one attached hydrogen (secondary N) is 1. The highest BCUT2D eigenvalue weighted by molar-refractivity contribution is 6.33. The summed E-state index contributed by atoms with van der Waals surface area (Å²) in [5.41, 5.74) is 0.989. The third-order valence-corrected chi connectivity index (χ3v) is 3.03. The van der Waals surface area contributed by atoms with Crippen LogP contribution >= 0.6 is 11.6 Å². The third-order valence-electron chi connectivity index (χ3n) is 2.73. The van der Waals surface area contributed by atoms with Crippen molar-refractivity contribution in [2.75, 3.05) is 11.9 Å². The molecule has 3 nitrogen and oxygen atoms in total. The van der Waals surface area contributed by atoms with Crippen LogP contribution in [-0.2, 0) is 4.79 Å². The summed E-state index contributed by atoms with van der Waals surface area (Å²) in [5.74, 6) is -2.12. The number of hydrogen-bond donors (Lipinski definition) is 2. The summed E-state index contributed by atoms with van der Waals surface area (Å²) in [5, 5.41) is 12.4. The van der Waals surface area contributed by atoms with Crippen LogP contribution in [0.3, 0.4) is 0 Å². The fraction of sp³-hybridized carbons (Fsp3) is 0.364. The largest absolute Gasteiger partial charge is 0.481 e. The van der Waals surface area contributed by atoms with Crippen LogP contribution in [0.5, 0.6) is 0 Å². The number of carboxylic acid groups (broad SMARTS) is 1. The molecule has 0 saturated carbocycles. The molecular formula is C11H11ClFNO2. The van der Waals surface area contributed by atoms with Crippen LogP contribution in [0.4, 0.5) is 10.1 Å². The summed E-state index contributed by atoms with van der Waals surface area (Å²) in [6.45, 7) is 0.655. The fourth-order valence-corrected chi connectivity index (χ4v) is 2.27. The number of rotatable bonds is 1. The monoisotopic (exact) mass is 243 g/mol. The second-order valence-electron chi connectivity index (χ2n) is 3.81. The Morgan fingerprint density at radius 1 is 1.56 bits per heavy atom. The molecule has 1 atom stereocenters. The normalized spacial score (nSPS) is 19.5. The fourth-order valence-electron chi connectivity index (χ4n) is 1.99. The third kappa shape index (κ3) is 1.97. The molecule has 86 valence electrons. The van der Waals surface area contributed by atoms with E-state index in [1.807, 2.05) is 0 Å². The lowest BCUT2D eigenvalue weighted by atomic mass is 9.94. The van der Waals surface area contributed by atoms with Gasteiger partial charge in [0.15, 0.2) is 0 Å². The van der Waals surface area contributed by atoms with Crippen molar-refractivity contribution in [2.45, 2.75) is 18.8 Å². The van der Waals surface area contributed by atoms with Crippen molar-refractivity contribution in [3.8, 4) is 0 Å². The highest BCUT2D eigenvalue weighted by Gasteiger charge is 2.26. The Bertz CT molecular complexity index is 436. The number of hydrogen-bond acceptors (Lipinski definition) is 2. The Labute approximate surface area is 97.2 Å². The first kappa shape index (κ1) is 11.2. The molecule has 0 fully saturated rings. The molecule has 2 rings (SSSR count). The van der Waals surface area contributed by atoms with Crippen LogP contribution in [0.25, 0.3) is 0 Å². The predicted molar refractivity (Wildman–Crippen MR) is 59.5 cm³/mol. The first-order valence-corrected chi connectivity index (χ1v) is 5.43. The maximum absolute atomic E-state index is 13.2. The highest BCUT2D eigenvalue weighted by Crippen LogP contribution is 2.36. The van der Waals surface area contributed by atoms with Gasteiger partial charge in [-0.2, -0.15) is 0 Å². The van der Waals surface area contributed by atoms with Gasteiger partial charge in [-0.25, -0.2) is 4.39 Å². The second-order valence-corrected chi connectivity index (χ2v) is 4.22. The minimum atomic E-state index is -0.938. The van der Waals surface area contributed by atoms with Crippen LogP contribution in [0.1, 0.15) is 24.3 Å². The Morgan fingerprint density at radius 3 is 3.00 bits per heavy atom. The molecule has 1 aliphatic heterocycles. The lowest BCUT2D eigenvalue weighted by Crippen LogP contribution is -2.11.